The van der Waals surface area contributed by atoms with Crippen LogP contribution >= 0.6 is 11.3 Å². The van der Waals surface area contributed by atoms with Gasteiger partial charge in [0.1, 0.15) is 5.01 Å². The number of nitrogens with zero attached hydrogens (tertiary/aromatic N) is 4. The zero-order valence-electron chi connectivity index (χ0n) is 20.7. The SMILES string of the molecule is Cc1nc(-c2ccccc2)sc1C(=O)C1=C(O)C(=O)N(CCN(C)C)C1c1cn(C)c2ccccc12. The van der Waals surface area contributed by atoms with Gasteiger partial charge in [0.2, 0.25) is 5.78 Å². The Morgan fingerprint density at radius 2 is 1.81 bits per heavy atom. The summed E-state index contributed by atoms with van der Waals surface area (Å²) in [6.45, 7) is 2.76. The van der Waals surface area contributed by atoms with Crippen molar-refractivity contribution in [3.05, 3.63) is 88.3 Å². The van der Waals surface area contributed by atoms with E-state index in [0.29, 0.717) is 23.7 Å². The van der Waals surface area contributed by atoms with E-state index >= 15 is 0 Å². The molecule has 0 aliphatic carbocycles. The van der Waals surface area contributed by atoms with Crippen molar-refractivity contribution >= 4 is 33.9 Å². The van der Waals surface area contributed by atoms with Crippen LogP contribution in [0.5, 0.6) is 0 Å². The second kappa shape index (κ2) is 9.37. The first-order valence-corrected chi connectivity index (χ1v) is 12.6. The van der Waals surface area contributed by atoms with E-state index in [2.05, 4.69) is 4.98 Å². The highest BCUT2D eigenvalue weighted by molar-refractivity contribution is 7.17. The summed E-state index contributed by atoms with van der Waals surface area (Å²) in [6, 6.07) is 16.9. The molecule has 1 N–H and O–H groups in total. The zero-order chi connectivity index (χ0) is 25.6. The second-order valence-electron chi connectivity index (χ2n) is 9.31. The third-order valence-electron chi connectivity index (χ3n) is 6.58. The molecule has 2 aromatic carbocycles. The van der Waals surface area contributed by atoms with Crippen molar-refractivity contribution in [2.24, 2.45) is 7.05 Å². The molecule has 1 aliphatic heterocycles. The van der Waals surface area contributed by atoms with Crippen molar-refractivity contribution < 1.29 is 14.7 Å². The lowest BCUT2D eigenvalue weighted by molar-refractivity contribution is -0.129. The number of aliphatic hydroxyl groups excluding tert-OH is 1. The first-order valence-electron chi connectivity index (χ1n) is 11.8. The standard InChI is InChI=1S/C28H28N4O3S/c1-17-26(36-27(29-17)18-10-6-5-7-11-18)24(33)22-23(32(15-14-30(2)3)28(35)25(22)34)20-16-31(4)21-13-9-8-12-19(20)21/h5-13,16,23,34H,14-15H2,1-4H3. The summed E-state index contributed by atoms with van der Waals surface area (Å²) in [5.41, 5.74) is 3.43. The highest BCUT2D eigenvalue weighted by atomic mass is 32.1. The number of hydrogen-bond acceptors (Lipinski definition) is 6. The van der Waals surface area contributed by atoms with Crippen molar-refractivity contribution in [1.82, 2.24) is 19.4 Å². The van der Waals surface area contributed by atoms with E-state index in [4.69, 9.17) is 0 Å². The molecular formula is C28H28N4O3S. The van der Waals surface area contributed by atoms with Gasteiger partial charge < -0.3 is 19.5 Å². The molecule has 36 heavy (non-hydrogen) atoms. The van der Waals surface area contributed by atoms with Gasteiger partial charge in [-0.05, 0) is 27.1 Å². The highest BCUT2D eigenvalue weighted by Gasteiger charge is 2.45. The lowest BCUT2D eigenvalue weighted by atomic mass is 9.94. The maximum atomic E-state index is 14.0. The number of aromatic nitrogens is 2. The smallest absolute Gasteiger partial charge is 0.290 e. The quantitative estimate of drug-likeness (QED) is 0.371. The van der Waals surface area contributed by atoms with Crippen LogP contribution in [0.25, 0.3) is 21.5 Å². The second-order valence-corrected chi connectivity index (χ2v) is 10.3. The van der Waals surface area contributed by atoms with Gasteiger partial charge in [0.25, 0.3) is 5.91 Å². The fourth-order valence-corrected chi connectivity index (χ4v) is 5.80. The molecule has 2 aromatic heterocycles. The molecule has 0 spiro atoms. The number of fused-ring (bicyclic) bond motifs is 1. The number of aryl methyl sites for hydroxylation is 2. The Hall–Kier alpha value is -3.75. The topological polar surface area (TPSA) is 78.7 Å². The monoisotopic (exact) mass is 500 g/mol. The molecule has 0 fully saturated rings. The minimum atomic E-state index is -0.697. The Morgan fingerprint density at radius 3 is 2.53 bits per heavy atom. The van der Waals surface area contributed by atoms with Gasteiger partial charge in [0.15, 0.2) is 5.76 Å². The summed E-state index contributed by atoms with van der Waals surface area (Å²) < 4.78 is 1.99. The molecule has 0 saturated carbocycles. The van der Waals surface area contributed by atoms with Crippen LogP contribution in [-0.2, 0) is 11.8 Å². The minimum absolute atomic E-state index is 0.112. The molecule has 0 saturated heterocycles. The van der Waals surface area contributed by atoms with E-state index in [1.165, 1.54) is 11.3 Å². The number of likely N-dealkylation sites (N-methyl/N-ethyl adjacent to an activating group) is 1. The summed E-state index contributed by atoms with van der Waals surface area (Å²) in [4.78, 5) is 36.0. The maximum absolute atomic E-state index is 14.0. The predicted molar refractivity (Wildman–Crippen MR) is 142 cm³/mol. The van der Waals surface area contributed by atoms with Crippen LogP contribution in [0.1, 0.15) is 27.0 Å². The van der Waals surface area contributed by atoms with Crippen LogP contribution < -0.4 is 0 Å². The van der Waals surface area contributed by atoms with E-state index in [1.807, 2.05) is 91.4 Å². The van der Waals surface area contributed by atoms with E-state index in [-0.39, 0.29) is 11.4 Å². The summed E-state index contributed by atoms with van der Waals surface area (Å²) in [7, 11) is 5.80. The van der Waals surface area contributed by atoms with E-state index in [0.717, 1.165) is 27.0 Å². The van der Waals surface area contributed by atoms with Crippen molar-refractivity contribution in [2.75, 3.05) is 27.2 Å². The average molecular weight is 501 g/mol. The van der Waals surface area contributed by atoms with Gasteiger partial charge in [-0.1, -0.05) is 48.5 Å². The summed E-state index contributed by atoms with van der Waals surface area (Å²) in [5.74, 6) is -1.36. The fourth-order valence-electron chi connectivity index (χ4n) is 4.77. The molecule has 8 heteroatoms. The van der Waals surface area contributed by atoms with Gasteiger partial charge in [-0.15, -0.1) is 11.3 Å². The van der Waals surface area contributed by atoms with Gasteiger partial charge in [-0.3, -0.25) is 9.59 Å². The number of rotatable bonds is 7. The van der Waals surface area contributed by atoms with Crippen LogP contribution in [0.2, 0.25) is 0 Å². The molecule has 0 radical (unpaired) electrons. The maximum Gasteiger partial charge on any atom is 0.290 e. The van der Waals surface area contributed by atoms with Crippen molar-refractivity contribution in [3.63, 3.8) is 0 Å². The van der Waals surface area contributed by atoms with Crippen LogP contribution in [0.15, 0.2) is 72.1 Å². The van der Waals surface area contributed by atoms with Crippen LogP contribution in [0, 0.1) is 6.92 Å². The van der Waals surface area contributed by atoms with Crippen LogP contribution in [-0.4, -0.2) is 63.3 Å². The molecule has 4 aromatic rings. The molecule has 184 valence electrons. The largest absolute Gasteiger partial charge is 0.503 e. The molecule has 1 unspecified atom stereocenters. The van der Waals surface area contributed by atoms with E-state index in [1.54, 1.807) is 11.8 Å². The van der Waals surface area contributed by atoms with E-state index in [9.17, 15) is 14.7 Å². The number of Topliss-reactive ketones (excluding diaryl/α,β-unsaturated/α-hetero) is 1. The Labute approximate surface area is 213 Å². The van der Waals surface area contributed by atoms with Gasteiger partial charge in [0, 0.05) is 48.4 Å². The number of benzene rings is 2. The molecule has 7 nitrogen and oxygen atoms in total. The Kier molecular flexibility index (Phi) is 6.24. The summed E-state index contributed by atoms with van der Waals surface area (Å²) in [5, 5.41) is 12.8. The number of aliphatic hydroxyl groups is 1. The van der Waals surface area contributed by atoms with Crippen LogP contribution in [0.3, 0.4) is 0 Å². The minimum Gasteiger partial charge on any atom is -0.503 e. The third kappa shape index (κ3) is 4.02. The number of thiazole rings is 1. The number of hydrogen-bond donors (Lipinski definition) is 1. The summed E-state index contributed by atoms with van der Waals surface area (Å²) in [6.07, 6.45) is 1.95. The first kappa shape index (κ1) is 24.0. The Balaban J connectivity index is 1.63. The molecular weight excluding hydrogens is 472 g/mol. The molecule has 1 aliphatic rings. The van der Waals surface area contributed by atoms with E-state index < -0.39 is 17.7 Å². The van der Waals surface area contributed by atoms with Gasteiger partial charge in [-0.2, -0.15) is 0 Å². The zero-order valence-corrected chi connectivity index (χ0v) is 21.5. The number of carbonyl (C=O) groups excluding carboxylic acids is 2. The van der Waals surface area contributed by atoms with Gasteiger partial charge in [0.05, 0.1) is 22.2 Å². The third-order valence-corrected chi connectivity index (χ3v) is 7.79. The molecule has 1 atom stereocenters. The Bertz CT molecular complexity index is 1500. The Morgan fingerprint density at radius 1 is 1.11 bits per heavy atom. The number of amides is 1. The number of carbonyl (C=O) groups is 2. The molecule has 3 heterocycles. The van der Waals surface area contributed by atoms with Crippen molar-refractivity contribution in [3.8, 4) is 10.6 Å². The van der Waals surface area contributed by atoms with Gasteiger partial charge >= 0.3 is 0 Å². The van der Waals surface area contributed by atoms with Crippen molar-refractivity contribution in [2.45, 2.75) is 13.0 Å². The molecule has 1 amide bonds. The van der Waals surface area contributed by atoms with Gasteiger partial charge in [-0.25, -0.2) is 4.98 Å². The number of para-hydroxylation sites is 1. The summed E-state index contributed by atoms with van der Waals surface area (Å²) >= 11 is 1.29. The van der Waals surface area contributed by atoms with Crippen molar-refractivity contribution in [1.29, 1.82) is 0 Å². The number of ketones is 1. The first-order chi connectivity index (χ1) is 17.3. The lowest BCUT2D eigenvalue weighted by Gasteiger charge is -2.27. The van der Waals surface area contributed by atoms with Crippen LogP contribution in [0.4, 0.5) is 0 Å². The average Bonchev–Trinajstić information content (AvgIpc) is 3.50. The molecule has 5 rings (SSSR count). The lowest BCUT2D eigenvalue weighted by Crippen LogP contribution is -2.36. The highest BCUT2D eigenvalue weighted by Crippen LogP contribution is 2.43. The predicted octanol–water partition coefficient (Wildman–Crippen LogP) is 4.75. The molecule has 0 bridgehead atoms. The normalized spacial score (nSPS) is 16.1. The fraction of sp³-hybridized carbons (Fsp3) is 0.250.